The van der Waals surface area contributed by atoms with Crippen LogP contribution < -0.4 is 5.32 Å². The van der Waals surface area contributed by atoms with Crippen LogP contribution in [0.15, 0.2) is 40.9 Å². The Bertz CT molecular complexity index is 662. The molecule has 0 aliphatic rings. The van der Waals surface area contributed by atoms with Crippen LogP contribution in [-0.4, -0.2) is 4.92 Å². The summed E-state index contributed by atoms with van der Waals surface area (Å²) in [5.74, 6) is -0.373. The van der Waals surface area contributed by atoms with Crippen molar-refractivity contribution in [2.24, 2.45) is 0 Å². The number of hydrogen-bond acceptors (Lipinski definition) is 3. The van der Waals surface area contributed by atoms with Gasteiger partial charge < -0.3 is 5.32 Å². The first-order valence-electron chi connectivity index (χ1n) is 5.91. The van der Waals surface area contributed by atoms with E-state index in [1.165, 1.54) is 12.1 Å². The van der Waals surface area contributed by atoms with Crippen molar-refractivity contribution in [3.63, 3.8) is 0 Å². The van der Waals surface area contributed by atoms with Crippen LogP contribution in [0.1, 0.15) is 11.1 Å². The van der Waals surface area contributed by atoms with Crippen LogP contribution in [-0.2, 0) is 6.54 Å². The molecule has 0 saturated heterocycles. The molecule has 0 unspecified atom stereocenters. The molecule has 20 heavy (non-hydrogen) atoms. The van der Waals surface area contributed by atoms with Crippen LogP contribution in [0.2, 0.25) is 0 Å². The Kier molecular flexibility index (Phi) is 4.34. The number of halogens is 2. The zero-order chi connectivity index (χ0) is 14.7. The lowest BCUT2D eigenvalue weighted by molar-refractivity contribution is -0.385. The lowest BCUT2D eigenvalue weighted by atomic mass is 10.1. The molecule has 0 bridgehead atoms. The van der Waals surface area contributed by atoms with Gasteiger partial charge in [0.15, 0.2) is 0 Å². The van der Waals surface area contributed by atoms with Crippen LogP contribution in [0, 0.1) is 22.9 Å². The normalized spacial score (nSPS) is 10.3. The lowest BCUT2D eigenvalue weighted by Gasteiger charge is -2.10. The summed E-state index contributed by atoms with van der Waals surface area (Å²) in [6.45, 7) is 2.01. The second-order valence-corrected chi connectivity index (χ2v) is 5.21. The molecule has 0 heterocycles. The number of benzene rings is 2. The third-order valence-electron chi connectivity index (χ3n) is 3.01. The van der Waals surface area contributed by atoms with E-state index >= 15 is 0 Å². The van der Waals surface area contributed by atoms with Gasteiger partial charge in [0.05, 0.1) is 10.6 Å². The fourth-order valence-corrected chi connectivity index (χ4v) is 2.22. The summed E-state index contributed by atoms with van der Waals surface area (Å²) in [7, 11) is 0. The monoisotopic (exact) mass is 338 g/mol. The summed E-state index contributed by atoms with van der Waals surface area (Å²) in [5, 5.41) is 13.8. The molecule has 1 N–H and O–H groups in total. The highest BCUT2D eigenvalue weighted by Gasteiger charge is 2.13. The Hall–Kier alpha value is -1.95. The van der Waals surface area contributed by atoms with Crippen molar-refractivity contribution in [3.8, 4) is 0 Å². The van der Waals surface area contributed by atoms with E-state index in [9.17, 15) is 14.5 Å². The van der Waals surface area contributed by atoms with Crippen LogP contribution in [0.3, 0.4) is 0 Å². The van der Waals surface area contributed by atoms with Gasteiger partial charge in [-0.15, -0.1) is 0 Å². The average molecular weight is 339 g/mol. The summed E-state index contributed by atoms with van der Waals surface area (Å²) in [6, 6.07) is 9.58. The topological polar surface area (TPSA) is 55.2 Å². The van der Waals surface area contributed by atoms with E-state index < -0.39 is 4.92 Å². The molecular formula is C14H12BrFN2O2. The Morgan fingerprint density at radius 1 is 1.35 bits per heavy atom. The van der Waals surface area contributed by atoms with Gasteiger partial charge in [-0.1, -0.05) is 28.1 Å². The third-order valence-corrected chi connectivity index (χ3v) is 3.51. The van der Waals surface area contributed by atoms with Crippen molar-refractivity contribution < 1.29 is 9.31 Å². The van der Waals surface area contributed by atoms with E-state index in [0.29, 0.717) is 22.3 Å². The molecule has 0 aliphatic heterocycles. The molecule has 0 spiro atoms. The van der Waals surface area contributed by atoms with Crippen LogP contribution in [0.5, 0.6) is 0 Å². The minimum Gasteiger partial charge on any atom is -0.379 e. The molecule has 0 fully saturated rings. The standard InChI is InChI=1S/C14H12BrFN2O2/c1-9-10(3-2-4-14(9)18(19)20)8-17-13-6-5-11(15)7-12(13)16/h2-7,17H,8H2,1H3. The van der Waals surface area contributed by atoms with E-state index in [1.54, 1.807) is 31.2 Å². The van der Waals surface area contributed by atoms with E-state index in [4.69, 9.17) is 0 Å². The highest BCUT2D eigenvalue weighted by molar-refractivity contribution is 9.10. The molecule has 6 heteroatoms. The highest BCUT2D eigenvalue weighted by Crippen LogP contribution is 2.23. The predicted molar refractivity (Wildman–Crippen MR) is 79.3 cm³/mol. The van der Waals surface area contributed by atoms with Crippen molar-refractivity contribution in [3.05, 3.63) is 67.9 Å². The second kappa shape index (κ2) is 6.00. The molecular weight excluding hydrogens is 327 g/mol. The van der Waals surface area contributed by atoms with Gasteiger partial charge in [-0.25, -0.2) is 4.39 Å². The van der Waals surface area contributed by atoms with Gasteiger partial charge in [-0.3, -0.25) is 10.1 Å². The summed E-state index contributed by atoms with van der Waals surface area (Å²) >= 11 is 3.19. The summed E-state index contributed by atoms with van der Waals surface area (Å²) in [4.78, 5) is 10.4. The van der Waals surface area contributed by atoms with E-state index in [2.05, 4.69) is 21.2 Å². The zero-order valence-corrected chi connectivity index (χ0v) is 12.3. The number of nitro benzene ring substituents is 1. The molecule has 2 aromatic rings. The van der Waals surface area contributed by atoms with Gasteiger partial charge in [0.25, 0.3) is 5.69 Å². The Morgan fingerprint density at radius 2 is 2.10 bits per heavy atom. The van der Waals surface area contributed by atoms with Crippen LogP contribution in [0.25, 0.3) is 0 Å². The van der Waals surface area contributed by atoms with Crippen LogP contribution >= 0.6 is 15.9 Å². The number of hydrogen-bond donors (Lipinski definition) is 1. The fraction of sp³-hybridized carbons (Fsp3) is 0.143. The Morgan fingerprint density at radius 3 is 2.75 bits per heavy atom. The van der Waals surface area contributed by atoms with E-state index in [1.807, 2.05) is 0 Å². The SMILES string of the molecule is Cc1c(CNc2ccc(Br)cc2F)cccc1[N+](=O)[O-]. The molecule has 0 saturated carbocycles. The largest absolute Gasteiger partial charge is 0.379 e. The molecule has 104 valence electrons. The average Bonchev–Trinajstić information content (AvgIpc) is 2.39. The van der Waals surface area contributed by atoms with Crippen molar-refractivity contribution >= 4 is 27.3 Å². The lowest BCUT2D eigenvalue weighted by Crippen LogP contribution is -2.04. The highest BCUT2D eigenvalue weighted by atomic mass is 79.9. The van der Waals surface area contributed by atoms with Crippen LogP contribution in [0.4, 0.5) is 15.8 Å². The molecule has 2 rings (SSSR count). The summed E-state index contributed by atoms with van der Waals surface area (Å²) in [5.41, 5.74) is 1.78. The minimum absolute atomic E-state index is 0.0700. The molecule has 0 radical (unpaired) electrons. The first-order chi connectivity index (χ1) is 9.49. The Labute approximate surface area is 123 Å². The molecule has 0 atom stereocenters. The fourth-order valence-electron chi connectivity index (χ4n) is 1.88. The quantitative estimate of drug-likeness (QED) is 0.663. The molecule has 4 nitrogen and oxygen atoms in total. The first-order valence-corrected chi connectivity index (χ1v) is 6.70. The number of nitrogens with one attached hydrogen (secondary N) is 1. The maximum absolute atomic E-state index is 13.7. The van der Waals surface area contributed by atoms with Gasteiger partial charge in [-0.2, -0.15) is 0 Å². The van der Waals surface area contributed by atoms with Gasteiger partial charge in [0, 0.05) is 22.6 Å². The maximum atomic E-state index is 13.7. The number of anilines is 1. The van der Waals surface area contributed by atoms with Gasteiger partial charge in [0.2, 0.25) is 0 Å². The maximum Gasteiger partial charge on any atom is 0.272 e. The van der Waals surface area contributed by atoms with Crippen molar-refractivity contribution in [2.45, 2.75) is 13.5 Å². The number of nitro groups is 1. The number of nitrogens with zero attached hydrogens (tertiary/aromatic N) is 1. The van der Waals surface area contributed by atoms with Gasteiger partial charge >= 0.3 is 0 Å². The molecule has 0 amide bonds. The summed E-state index contributed by atoms with van der Waals surface area (Å²) < 4.78 is 14.3. The van der Waals surface area contributed by atoms with E-state index in [-0.39, 0.29) is 11.5 Å². The zero-order valence-electron chi connectivity index (χ0n) is 10.7. The smallest absolute Gasteiger partial charge is 0.272 e. The minimum atomic E-state index is -0.418. The van der Waals surface area contributed by atoms with Crippen molar-refractivity contribution in [1.29, 1.82) is 0 Å². The van der Waals surface area contributed by atoms with Gasteiger partial charge in [-0.05, 0) is 30.7 Å². The molecule has 0 aromatic heterocycles. The van der Waals surface area contributed by atoms with Gasteiger partial charge in [0.1, 0.15) is 5.82 Å². The molecule has 2 aromatic carbocycles. The molecule has 0 aliphatic carbocycles. The predicted octanol–water partition coefficient (Wildman–Crippen LogP) is 4.42. The summed E-state index contributed by atoms with van der Waals surface area (Å²) in [6.07, 6.45) is 0. The van der Waals surface area contributed by atoms with E-state index in [0.717, 1.165) is 5.56 Å². The second-order valence-electron chi connectivity index (χ2n) is 4.30. The van der Waals surface area contributed by atoms with Crippen molar-refractivity contribution in [2.75, 3.05) is 5.32 Å². The first kappa shape index (κ1) is 14.5. The third kappa shape index (κ3) is 3.14. The number of rotatable bonds is 4. The Balaban J connectivity index is 2.19. The van der Waals surface area contributed by atoms with Crippen molar-refractivity contribution in [1.82, 2.24) is 0 Å².